The minimum Gasteiger partial charge on any atom is -0.380 e. The summed E-state index contributed by atoms with van der Waals surface area (Å²) in [5.41, 5.74) is 7.60. The Morgan fingerprint density at radius 2 is 1.95 bits per heavy atom. The van der Waals surface area contributed by atoms with Crippen LogP contribution in [0.3, 0.4) is 0 Å². The molecule has 0 aliphatic heterocycles. The van der Waals surface area contributed by atoms with Crippen LogP contribution in [0.25, 0.3) is 11.1 Å². The molecular weight excluding hydrogens is 255 g/mol. The molecular formula is C16H21FN2O. The maximum absolute atomic E-state index is 13.1. The number of halogens is 1. The summed E-state index contributed by atoms with van der Waals surface area (Å²) in [6.45, 7) is 4.30. The van der Waals surface area contributed by atoms with E-state index in [0.717, 1.165) is 42.6 Å². The number of nitrogen functional groups attached to an aromatic ring is 1. The number of anilines is 1. The first-order valence-electron chi connectivity index (χ1n) is 7.18. The van der Waals surface area contributed by atoms with Crippen LogP contribution in [0.1, 0.15) is 51.2 Å². The molecule has 1 aromatic carbocycles. The van der Waals surface area contributed by atoms with Crippen LogP contribution in [0.15, 0.2) is 28.8 Å². The number of hydrogen-bond donors (Lipinski definition) is 1. The van der Waals surface area contributed by atoms with E-state index in [-0.39, 0.29) is 5.82 Å². The van der Waals surface area contributed by atoms with Crippen molar-refractivity contribution in [1.82, 2.24) is 5.16 Å². The number of benzene rings is 1. The fourth-order valence-corrected chi connectivity index (χ4v) is 2.47. The summed E-state index contributed by atoms with van der Waals surface area (Å²) < 4.78 is 18.5. The third kappa shape index (κ3) is 3.00. The summed E-state index contributed by atoms with van der Waals surface area (Å²) in [4.78, 5) is 0. The van der Waals surface area contributed by atoms with Crippen molar-refractivity contribution < 1.29 is 8.91 Å². The van der Waals surface area contributed by atoms with Gasteiger partial charge in [0.15, 0.2) is 5.82 Å². The van der Waals surface area contributed by atoms with Crippen molar-refractivity contribution in [2.24, 2.45) is 0 Å². The molecule has 1 unspecified atom stereocenters. The van der Waals surface area contributed by atoms with Gasteiger partial charge in [-0.25, -0.2) is 4.39 Å². The van der Waals surface area contributed by atoms with Crippen LogP contribution in [-0.4, -0.2) is 5.16 Å². The van der Waals surface area contributed by atoms with Crippen molar-refractivity contribution in [2.75, 3.05) is 5.73 Å². The second kappa shape index (κ2) is 6.55. The van der Waals surface area contributed by atoms with Crippen LogP contribution < -0.4 is 5.73 Å². The van der Waals surface area contributed by atoms with E-state index in [1.807, 2.05) is 0 Å². The van der Waals surface area contributed by atoms with Crippen molar-refractivity contribution >= 4 is 5.82 Å². The van der Waals surface area contributed by atoms with Crippen LogP contribution in [0.2, 0.25) is 0 Å². The Morgan fingerprint density at radius 1 is 1.25 bits per heavy atom. The summed E-state index contributed by atoms with van der Waals surface area (Å²) in [5, 5.41) is 3.90. The zero-order valence-corrected chi connectivity index (χ0v) is 12.0. The molecule has 0 aliphatic carbocycles. The second-order valence-electron chi connectivity index (χ2n) is 5.06. The highest BCUT2D eigenvalue weighted by molar-refractivity contribution is 5.75. The third-order valence-electron chi connectivity index (χ3n) is 3.65. The molecule has 1 atom stereocenters. The fraction of sp³-hybridized carbons (Fsp3) is 0.438. The summed E-state index contributed by atoms with van der Waals surface area (Å²) >= 11 is 0. The van der Waals surface area contributed by atoms with E-state index in [1.54, 1.807) is 12.1 Å². The Kier molecular flexibility index (Phi) is 4.77. The Bertz CT molecular complexity index is 548. The quantitative estimate of drug-likeness (QED) is 0.828. The molecule has 20 heavy (non-hydrogen) atoms. The number of nitrogens with zero attached hydrogens (tertiary/aromatic N) is 1. The van der Waals surface area contributed by atoms with Gasteiger partial charge >= 0.3 is 0 Å². The molecule has 0 saturated carbocycles. The second-order valence-corrected chi connectivity index (χ2v) is 5.06. The molecule has 0 bridgehead atoms. The average molecular weight is 276 g/mol. The van der Waals surface area contributed by atoms with E-state index >= 15 is 0 Å². The van der Waals surface area contributed by atoms with Gasteiger partial charge in [-0.2, -0.15) is 0 Å². The predicted octanol–water partition coefficient (Wildman–Crippen LogP) is 4.75. The molecule has 2 rings (SSSR count). The predicted molar refractivity (Wildman–Crippen MR) is 78.9 cm³/mol. The summed E-state index contributed by atoms with van der Waals surface area (Å²) in [6.07, 6.45) is 4.31. The molecule has 0 saturated heterocycles. The molecule has 2 N–H and O–H groups in total. The molecule has 4 heteroatoms. The number of nitrogens with two attached hydrogens (primary N) is 1. The van der Waals surface area contributed by atoms with Crippen LogP contribution >= 0.6 is 0 Å². The van der Waals surface area contributed by atoms with E-state index in [2.05, 4.69) is 19.0 Å². The van der Waals surface area contributed by atoms with Crippen LogP contribution in [0.5, 0.6) is 0 Å². The SMILES string of the molecule is CCCCC(CC)c1onc(N)c1-c1ccc(F)cc1. The number of rotatable bonds is 6. The van der Waals surface area contributed by atoms with Crippen molar-refractivity contribution in [3.8, 4) is 11.1 Å². The standard InChI is InChI=1S/C16H21FN2O/c1-3-5-6-11(4-2)15-14(16(18)19-20-15)12-7-9-13(17)10-8-12/h7-11H,3-6H2,1-2H3,(H2,18,19). The minimum atomic E-state index is -0.261. The van der Waals surface area contributed by atoms with Gasteiger partial charge in [0.05, 0.1) is 5.56 Å². The van der Waals surface area contributed by atoms with Crippen LogP contribution in [-0.2, 0) is 0 Å². The lowest BCUT2D eigenvalue weighted by molar-refractivity contribution is 0.349. The molecule has 2 aromatic rings. The Balaban J connectivity index is 2.37. The van der Waals surface area contributed by atoms with Crippen LogP contribution in [0.4, 0.5) is 10.2 Å². The first-order valence-corrected chi connectivity index (χ1v) is 7.18. The minimum absolute atomic E-state index is 0.261. The molecule has 1 aromatic heterocycles. The molecule has 0 aliphatic rings. The van der Waals surface area contributed by atoms with Gasteiger partial charge < -0.3 is 10.3 Å². The maximum Gasteiger partial charge on any atom is 0.175 e. The number of unbranched alkanes of at least 4 members (excludes halogenated alkanes) is 1. The first kappa shape index (κ1) is 14.6. The van der Waals surface area contributed by atoms with Gasteiger partial charge in [0.2, 0.25) is 0 Å². The fourth-order valence-electron chi connectivity index (χ4n) is 2.47. The largest absolute Gasteiger partial charge is 0.380 e. The van der Waals surface area contributed by atoms with Gasteiger partial charge in [-0.3, -0.25) is 0 Å². The van der Waals surface area contributed by atoms with E-state index in [9.17, 15) is 4.39 Å². The van der Waals surface area contributed by atoms with Gasteiger partial charge in [-0.1, -0.05) is 44.0 Å². The molecule has 0 spiro atoms. The molecule has 3 nitrogen and oxygen atoms in total. The van der Waals surface area contributed by atoms with Gasteiger partial charge in [0.1, 0.15) is 11.6 Å². The number of hydrogen-bond acceptors (Lipinski definition) is 3. The Labute approximate surface area is 119 Å². The van der Waals surface area contributed by atoms with Crippen molar-refractivity contribution in [3.63, 3.8) is 0 Å². The molecule has 1 heterocycles. The highest BCUT2D eigenvalue weighted by atomic mass is 19.1. The summed E-state index contributed by atoms with van der Waals surface area (Å²) in [5.74, 6) is 1.25. The molecule has 108 valence electrons. The van der Waals surface area contributed by atoms with Gasteiger partial charge in [0.25, 0.3) is 0 Å². The van der Waals surface area contributed by atoms with Crippen LogP contribution in [0, 0.1) is 5.82 Å². The van der Waals surface area contributed by atoms with Gasteiger partial charge in [-0.05, 0) is 30.5 Å². The summed E-state index contributed by atoms with van der Waals surface area (Å²) in [6, 6.07) is 6.29. The molecule has 0 amide bonds. The zero-order chi connectivity index (χ0) is 14.5. The van der Waals surface area contributed by atoms with E-state index in [0.29, 0.717) is 11.7 Å². The lowest BCUT2D eigenvalue weighted by atomic mass is 9.91. The first-order chi connectivity index (χ1) is 9.67. The number of aromatic nitrogens is 1. The Hall–Kier alpha value is -1.84. The highest BCUT2D eigenvalue weighted by Crippen LogP contribution is 2.37. The Morgan fingerprint density at radius 3 is 2.55 bits per heavy atom. The van der Waals surface area contributed by atoms with Crippen molar-refractivity contribution in [2.45, 2.75) is 45.4 Å². The average Bonchev–Trinajstić information content (AvgIpc) is 2.83. The van der Waals surface area contributed by atoms with E-state index < -0.39 is 0 Å². The molecule has 0 radical (unpaired) electrons. The molecule has 0 fully saturated rings. The topological polar surface area (TPSA) is 52.0 Å². The van der Waals surface area contributed by atoms with Crippen molar-refractivity contribution in [1.29, 1.82) is 0 Å². The van der Waals surface area contributed by atoms with Gasteiger partial charge in [0, 0.05) is 5.92 Å². The van der Waals surface area contributed by atoms with Crippen molar-refractivity contribution in [3.05, 3.63) is 35.8 Å². The smallest absolute Gasteiger partial charge is 0.175 e. The highest BCUT2D eigenvalue weighted by Gasteiger charge is 2.22. The van der Waals surface area contributed by atoms with Gasteiger partial charge in [-0.15, -0.1) is 0 Å². The third-order valence-corrected chi connectivity index (χ3v) is 3.65. The van der Waals surface area contributed by atoms with E-state index in [4.69, 9.17) is 10.3 Å². The summed E-state index contributed by atoms with van der Waals surface area (Å²) in [7, 11) is 0. The lowest BCUT2D eigenvalue weighted by Gasteiger charge is -2.13. The zero-order valence-electron chi connectivity index (χ0n) is 12.0. The lowest BCUT2D eigenvalue weighted by Crippen LogP contribution is -1.99. The van der Waals surface area contributed by atoms with E-state index in [1.165, 1.54) is 12.1 Å². The maximum atomic E-state index is 13.1. The normalized spacial score (nSPS) is 12.6. The monoisotopic (exact) mass is 276 g/mol.